The largest absolute Gasteiger partial charge is 0.399 e. The summed E-state index contributed by atoms with van der Waals surface area (Å²) in [7, 11) is 3.85. The van der Waals surface area contributed by atoms with Crippen molar-refractivity contribution in [2.75, 3.05) is 39.6 Å². The molecule has 0 bridgehead atoms. The second-order valence-electron chi connectivity index (χ2n) is 5.08. The summed E-state index contributed by atoms with van der Waals surface area (Å²) in [4.78, 5) is 6.94. The van der Waals surface area contributed by atoms with E-state index in [9.17, 15) is 0 Å². The first-order chi connectivity index (χ1) is 9.65. The number of rotatable bonds is 7. The Bertz CT molecular complexity index is 564. The number of hydrogen-bond acceptors (Lipinski definition) is 4. The fourth-order valence-corrected chi connectivity index (χ4v) is 2.35. The molecule has 0 saturated carbocycles. The molecule has 110 valence electrons. The third kappa shape index (κ3) is 3.29. The molecule has 2 rings (SSSR count). The lowest BCUT2D eigenvalue weighted by Gasteiger charge is -2.17. The highest BCUT2D eigenvalue weighted by Gasteiger charge is 2.10. The molecule has 1 aromatic heterocycles. The van der Waals surface area contributed by atoms with Gasteiger partial charge in [0.2, 0.25) is 0 Å². The van der Waals surface area contributed by atoms with Crippen LogP contribution in [0.2, 0.25) is 0 Å². The maximum atomic E-state index is 5.83. The zero-order valence-corrected chi connectivity index (χ0v) is 12.6. The molecule has 0 spiro atoms. The lowest BCUT2D eigenvalue weighted by molar-refractivity contribution is 0.159. The number of nitrogens with two attached hydrogens (primary N) is 1. The van der Waals surface area contributed by atoms with E-state index < -0.39 is 0 Å². The molecule has 20 heavy (non-hydrogen) atoms. The smallest absolute Gasteiger partial charge is 0.109 e. The first kappa shape index (κ1) is 14.8. The molecule has 0 radical (unpaired) electrons. The highest BCUT2D eigenvalue weighted by Crippen LogP contribution is 2.19. The first-order valence-corrected chi connectivity index (χ1v) is 7.07. The Kier molecular flexibility index (Phi) is 4.98. The van der Waals surface area contributed by atoms with Gasteiger partial charge in [-0.05, 0) is 25.2 Å². The van der Waals surface area contributed by atoms with Crippen LogP contribution >= 0.6 is 0 Å². The van der Waals surface area contributed by atoms with Crippen molar-refractivity contribution in [2.45, 2.75) is 19.9 Å². The summed E-state index contributed by atoms with van der Waals surface area (Å²) in [6, 6.07) is 5.94. The van der Waals surface area contributed by atoms with E-state index >= 15 is 0 Å². The summed E-state index contributed by atoms with van der Waals surface area (Å²) in [6.07, 6.45) is 0.927. The standard InChI is InChI=1S/C15H24N4O/c1-4-15-17-13-11-12(16)5-6-14(13)19(15)8-7-18(2)9-10-20-3/h5-6,11H,4,7-10,16H2,1-3H3. The Morgan fingerprint density at radius 1 is 1.35 bits per heavy atom. The summed E-state index contributed by atoms with van der Waals surface area (Å²) in [6.45, 7) is 5.75. The van der Waals surface area contributed by atoms with E-state index in [-0.39, 0.29) is 0 Å². The number of ether oxygens (including phenoxy) is 1. The Hall–Kier alpha value is -1.59. The van der Waals surface area contributed by atoms with Crippen LogP contribution in [0.4, 0.5) is 5.69 Å². The molecule has 5 nitrogen and oxygen atoms in total. The van der Waals surface area contributed by atoms with Gasteiger partial charge in [0.05, 0.1) is 17.6 Å². The number of fused-ring (bicyclic) bond motifs is 1. The zero-order chi connectivity index (χ0) is 14.5. The third-order valence-corrected chi connectivity index (χ3v) is 3.55. The number of anilines is 1. The SMILES string of the molecule is CCc1nc2cc(N)ccc2n1CCN(C)CCOC. The topological polar surface area (TPSA) is 56.3 Å². The maximum absolute atomic E-state index is 5.83. The van der Waals surface area contributed by atoms with Crippen molar-refractivity contribution in [3.8, 4) is 0 Å². The van der Waals surface area contributed by atoms with E-state index in [1.165, 1.54) is 0 Å². The quantitative estimate of drug-likeness (QED) is 0.783. The zero-order valence-electron chi connectivity index (χ0n) is 12.6. The van der Waals surface area contributed by atoms with E-state index in [2.05, 4.69) is 34.5 Å². The van der Waals surface area contributed by atoms with Gasteiger partial charge >= 0.3 is 0 Å². The van der Waals surface area contributed by atoms with Gasteiger partial charge in [0.15, 0.2) is 0 Å². The Labute approximate surface area is 120 Å². The second-order valence-corrected chi connectivity index (χ2v) is 5.08. The summed E-state index contributed by atoms with van der Waals surface area (Å²) < 4.78 is 7.39. The molecule has 0 aliphatic rings. The summed E-state index contributed by atoms with van der Waals surface area (Å²) in [5.74, 6) is 1.12. The number of benzene rings is 1. The van der Waals surface area contributed by atoms with Gasteiger partial charge in [0, 0.05) is 38.9 Å². The molecule has 0 amide bonds. The minimum Gasteiger partial charge on any atom is -0.399 e. The van der Waals surface area contributed by atoms with Gasteiger partial charge in [-0.25, -0.2) is 4.98 Å². The highest BCUT2D eigenvalue weighted by atomic mass is 16.5. The van der Waals surface area contributed by atoms with E-state index in [1.54, 1.807) is 7.11 Å². The monoisotopic (exact) mass is 276 g/mol. The normalized spacial score (nSPS) is 11.6. The molecular formula is C15H24N4O. The molecule has 0 saturated heterocycles. The molecular weight excluding hydrogens is 252 g/mol. The molecule has 0 aliphatic carbocycles. The number of nitrogens with zero attached hydrogens (tertiary/aromatic N) is 3. The molecule has 1 aromatic carbocycles. The number of methoxy groups -OCH3 is 1. The van der Waals surface area contributed by atoms with E-state index in [0.29, 0.717) is 0 Å². The average Bonchev–Trinajstić information content (AvgIpc) is 2.79. The van der Waals surface area contributed by atoms with Crippen LogP contribution < -0.4 is 5.73 Å². The van der Waals surface area contributed by atoms with Crippen LogP contribution in [-0.2, 0) is 17.7 Å². The van der Waals surface area contributed by atoms with Gasteiger partial charge in [0.1, 0.15) is 5.82 Å². The highest BCUT2D eigenvalue weighted by molar-refractivity contribution is 5.79. The molecule has 0 atom stereocenters. The molecule has 2 aromatic rings. The van der Waals surface area contributed by atoms with Crippen LogP contribution in [0, 0.1) is 0 Å². The summed E-state index contributed by atoms with van der Waals surface area (Å²) in [5, 5.41) is 0. The van der Waals surface area contributed by atoms with Crippen LogP contribution in [0.3, 0.4) is 0 Å². The number of likely N-dealkylation sites (N-methyl/N-ethyl adjacent to an activating group) is 1. The number of aromatic nitrogens is 2. The third-order valence-electron chi connectivity index (χ3n) is 3.55. The van der Waals surface area contributed by atoms with Crippen LogP contribution in [0.25, 0.3) is 11.0 Å². The number of aryl methyl sites for hydroxylation is 1. The number of nitrogen functional groups attached to an aromatic ring is 1. The van der Waals surface area contributed by atoms with Gasteiger partial charge in [0.25, 0.3) is 0 Å². The van der Waals surface area contributed by atoms with Crippen molar-refractivity contribution in [3.05, 3.63) is 24.0 Å². The van der Waals surface area contributed by atoms with Crippen molar-refractivity contribution in [1.82, 2.24) is 14.5 Å². The minimum absolute atomic E-state index is 0.762. The van der Waals surface area contributed by atoms with Crippen molar-refractivity contribution in [1.29, 1.82) is 0 Å². The van der Waals surface area contributed by atoms with Gasteiger partial charge in [-0.15, -0.1) is 0 Å². The van der Waals surface area contributed by atoms with E-state index in [4.69, 9.17) is 10.5 Å². The molecule has 0 aliphatic heterocycles. The predicted molar refractivity (Wildman–Crippen MR) is 82.9 cm³/mol. The minimum atomic E-state index is 0.762. The summed E-state index contributed by atoms with van der Waals surface area (Å²) in [5.41, 5.74) is 8.75. The molecule has 2 N–H and O–H groups in total. The van der Waals surface area contributed by atoms with Crippen molar-refractivity contribution in [3.63, 3.8) is 0 Å². The average molecular weight is 276 g/mol. The van der Waals surface area contributed by atoms with E-state index in [0.717, 1.165) is 55.2 Å². The van der Waals surface area contributed by atoms with Gasteiger partial charge in [-0.2, -0.15) is 0 Å². The molecule has 1 heterocycles. The Morgan fingerprint density at radius 2 is 2.15 bits per heavy atom. The van der Waals surface area contributed by atoms with Crippen LogP contribution in [-0.4, -0.2) is 48.3 Å². The maximum Gasteiger partial charge on any atom is 0.109 e. The molecule has 0 unspecified atom stereocenters. The van der Waals surface area contributed by atoms with Crippen LogP contribution in [0.1, 0.15) is 12.7 Å². The van der Waals surface area contributed by atoms with E-state index in [1.807, 2.05) is 12.1 Å². The van der Waals surface area contributed by atoms with Gasteiger partial charge < -0.3 is 19.9 Å². The van der Waals surface area contributed by atoms with Crippen molar-refractivity contribution >= 4 is 16.7 Å². The first-order valence-electron chi connectivity index (χ1n) is 7.07. The number of hydrogen-bond donors (Lipinski definition) is 1. The van der Waals surface area contributed by atoms with Gasteiger partial charge in [-0.3, -0.25) is 0 Å². The number of imidazole rings is 1. The summed E-state index contributed by atoms with van der Waals surface area (Å²) >= 11 is 0. The molecule has 0 fully saturated rings. The molecule has 5 heteroatoms. The van der Waals surface area contributed by atoms with Crippen molar-refractivity contribution in [2.24, 2.45) is 0 Å². The fourth-order valence-electron chi connectivity index (χ4n) is 2.35. The Balaban J connectivity index is 2.15. The van der Waals surface area contributed by atoms with Gasteiger partial charge in [-0.1, -0.05) is 6.92 Å². The van der Waals surface area contributed by atoms with Crippen molar-refractivity contribution < 1.29 is 4.74 Å². The van der Waals surface area contributed by atoms with Crippen LogP contribution in [0.5, 0.6) is 0 Å². The predicted octanol–water partition coefficient (Wildman–Crippen LogP) is 1.76. The Morgan fingerprint density at radius 3 is 2.85 bits per heavy atom. The second kappa shape index (κ2) is 6.72. The van der Waals surface area contributed by atoms with Crippen LogP contribution in [0.15, 0.2) is 18.2 Å². The fraction of sp³-hybridized carbons (Fsp3) is 0.533. The lowest BCUT2D eigenvalue weighted by Crippen LogP contribution is -2.27. The lowest BCUT2D eigenvalue weighted by atomic mass is 10.3.